The molecule has 0 unspecified atom stereocenters. The second-order valence-corrected chi connectivity index (χ2v) is 11.4. The minimum atomic E-state index is -1.73. The van der Waals surface area contributed by atoms with E-state index in [-0.39, 0.29) is 11.1 Å². The number of carboxylic acids is 3. The van der Waals surface area contributed by atoms with Crippen LogP contribution in [-0.2, 0) is 24.0 Å². The number of fused-ring (bicyclic) bond motifs is 1. The van der Waals surface area contributed by atoms with Gasteiger partial charge in [0.05, 0.1) is 33.5 Å². The zero-order valence-electron chi connectivity index (χ0n) is 21.8. The molecule has 11 heteroatoms. The van der Waals surface area contributed by atoms with Gasteiger partial charge in [-0.25, -0.2) is 4.84 Å². The van der Waals surface area contributed by atoms with Crippen molar-refractivity contribution in [3.8, 4) is 0 Å². The highest BCUT2D eigenvalue weighted by Crippen LogP contribution is 2.57. The number of carbonyl (C=O) groups is 5. The molecular formula is C26H33NO10. The molecule has 0 aromatic heterocycles. The SMILES string of the molecule is C[C@@H]1O[C@H](ON2C(=O)c3ccccc3C2=O)[C@H](C(C)(C)C(=O)O)[C@H](C(C)(C)C(=O)O)[C@@H]1C(C)(C)C(=O)O. The molecule has 3 rings (SSSR count). The number of hydroxylamine groups is 2. The number of nitrogens with zero attached hydrogens (tertiary/aromatic N) is 1. The number of rotatable bonds is 8. The van der Waals surface area contributed by atoms with E-state index in [0.717, 1.165) is 0 Å². The van der Waals surface area contributed by atoms with E-state index in [9.17, 15) is 39.3 Å². The van der Waals surface area contributed by atoms with Crippen molar-refractivity contribution in [3.63, 3.8) is 0 Å². The van der Waals surface area contributed by atoms with Crippen molar-refractivity contribution in [2.75, 3.05) is 0 Å². The predicted molar refractivity (Wildman–Crippen MR) is 127 cm³/mol. The van der Waals surface area contributed by atoms with Crippen LogP contribution in [0.5, 0.6) is 0 Å². The molecule has 1 aromatic rings. The minimum Gasteiger partial charge on any atom is -0.481 e. The quantitative estimate of drug-likeness (QED) is 0.434. The van der Waals surface area contributed by atoms with E-state index in [1.165, 1.54) is 53.7 Å². The Bertz CT molecular complexity index is 1120. The summed E-state index contributed by atoms with van der Waals surface area (Å²) in [5.41, 5.74) is -4.73. The average molecular weight is 520 g/mol. The highest BCUT2D eigenvalue weighted by Gasteiger charge is 2.64. The fourth-order valence-corrected chi connectivity index (χ4v) is 5.67. The van der Waals surface area contributed by atoms with Gasteiger partial charge in [0.2, 0.25) is 0 Å². The number of ether oxygens (including phenoxy) is 1. The predicted octanol–water partition coefficient (Wildman–Crippen LogP) is 3.14. The third kappa shape index (κ3) is 4.40. The van der Waals surface area contributed by atoms with Crippen molar-refractivity contribution in [1.82, 2.24) is 5.06 Å². The summed E-state index contributed by atoms with van der Waals surface area (Å²) in [5.74, 6) is -8.76. The largest absolute Gasteiger partial charge is 0.481 e. The molecule has 0 aliphatic carbocycles. The third-order valence-corrected chi connectivity index (χ3v) is 8.04. The lowest BCUT2D eigenvalue weighted by atomic mass is 9.51. The Morgan fingerprint density at radius 3 is 1.54 bits per heavy atom. The summed E-state index contributed by atoms with van der Waals surface area (Å²) in [7, 11) is 0. The minimum absolute atomic E-state index is 0.0951. The van der Waals surface area contributed by atoms with Gasteiger partial charge in [-0.1, -0.05) is 12.1 Å². The molecule has 0 bridgehead atoms. The molecule has 1 saturated heterocycles. The summed E-state index contributed by atoms with van der Waals surface area (Å²) in [6, 6.07) is 6.05. The molecule has 1 aromatic carbocycles. The molecule has 0 radical (unpaired) electrons. The van der Waals surface area contributed by atoms with Gasteiger partial charge >= 0.3 is 17.9 Å². The van der Waals surface area contributed by atoms with Crippen LogP contribution in [0.1, 0.15) is 69.2 Å². The van der Waals surface area contributed by atoms with Gasteiger partial charge in [-0.2, -0.15) is 0 Å². The van der Waals surface area contributed by atoms with Crippen molar-refractivity contribution in [1.29, 1.82) is 0 Å². The number of hydrogen-bond acceptors (Lipinski definition) is 7. The third-order valence-electron chi connectivity index (χ3n) is 8.04. The first-order valence-electron chi connectivity index (χ1n) is 11.9. The first kappa shape index (κ1) is 28.3. The maximum Gasteiger partial charge on any atom is 0.309 e. The maximum absolute atomic E-state index is 13.0. The number of carbonyl (C=O) groups excluding carboxylic acids is 2. The summed E-state index contributed by atoms with van der Waals surface area (Å²) in [6.07, 6.45) is -2.51. The standard InChI is InChI=1S/C26H33NO10/c1-12-15(24(2,3)21(30)31)16(25(4,5)22(32)33)17(26(6,7)23(34)35)20(36-12)37-27-18(28)13-10-8-9-11-14(13)19(27)29/h8-12,15-17,20H,1-7H3,(H,30,31)(H,32,33)(H,34,35)/t12-,15+,16+,17+,20+/m0/s1. The van der Waals surface area contributed by atoms with Crippen LogP contribution in [0.3, 0.4) is 0 Å². The van der Waals surface area contributed by atoms with Crippen LogP contribution in [-0.4, -0.2) is 62.5 Å². The van der Waals surface area contributed by atoms with Gasteiger partial charge in [-0.3, -0.25) is 24.0 Å². The van der Waals surface area contributed by atoms with Gasteiger partial charge in [0.1, 0.15) is 0 Å². The molecular weight excluding hydrogens is 486 g/mol. The van der Waals surface area contributed by atoms with E-state index in [0.29, 0.717) is 5.06 Å². The molecule has 3 N–H and O–H groups in total. The number of carboxylic acid groups (broad SMARTS) is 3. The van der Waals surface area contributed by atoms with Crippen LogP contribution in [0.2, 0.25) is 0 Å². The van der Waals surface area contributed by atoms with Gasteiger partial charge in [0.15, 0.2) is 6.29 Å². The summed E-state index contributed by atoms with van der Waals surface area (Å²) < 4.78 is 6.06. The molecule has 2 heterocycles. The number of hydrogen-bond donors (Lipinski definition) is 3. The van der Waals surface area contributed by atoms with Gasteiger partial charge in [0, 0.05) is 11.8 Å². The van der Waals surface area contributed by atoms with Crippen molar-refractivity contribution in [3.05, 3.63) is 35.4 Å². The summed E-state index contributed by atoms with van der Waals surface area (Å²) >= 11 is 0. The molecule has 0 saturated carbocycles. The van der Waals surface area contributed by atoms with E-state index in [2.05, 4.69) is 0 Å². The molecule has 2 aliphatic heterocycles. The van der Waals surface area contributed by atoms with Crippen molar-refractivity contribution in [2.24, 2.45) is 34.0 Å². The Morgan fingerprint density at radius 2 is 1.14 bits per heavy atom. The molecule has 5 atom stereocenters. The number of imide groups is 1. The maximum atomic E-state index is 13.0. The topological polar surface area (TPSA) is 168 Å². The van der Waals surface area contributed by atoms with E-state index in [4.69, 9.17) is 9.57 Å². The Hall–Kier alpha value is -3.31. The van der Waals surface area contributed by atoms with Crippen LogP contribution >= 0.6 is 0 Å². The zero-order valence-corrected chi connectivity index (χ0v) is 21.8. The lowest BCUT2D eigenvalue weighted by Crippen LogP contribution is -2.64. The summed E-state index contributed by atoms with van der Waals surface area (Å²) in [4.78, 5) is 69.1. The molecule has 202 valence electrons. The molecule has 2 amide bonds. The highest BCUT2D eigenvalue weighted by molar-refractivity contribution is 6.20. The van der Waals surface area contributed by atoms with Gasteiger partial charge in [-0.05, 0) is 66.5 Å². The Kier molecular flexibility index (Phi) is 7.04. The Morgan fingerprint density at radius 1 is 0.757 bits per heavy atom. The average Bonchev–Trinajstić information content (AvgIpc) is 3.02. The number of benzene rings is 1. The highest BCUT2D eigenvalue weighted by atomic mass is 16.8. The number of amides is 2. The van der Waals surface area contributed by atoms with Gasteiger partial charge in [0.25, 0.3) is 11.8 Å². The molecule has 11 nitrogen and oxygen atoms in total. The van der Waals surface area contributed by atoms with Crippen molar-refractivity contribution < 1.29 is 48.9 Å². The second-order valence-electron chi connectivity index (χ2n) is 11.4. The van der Waals surface area contributed by atoms with E-state index in [1.54, 1.807) is 19.1 Å². The lowest BCUT2D eigenvalue weighted by molar-refractivity contribution is -0.334. The Balaban J connectivity index is 2.20. The van der Waals surface area contributed by atoms with Crippen LogP contribution in [0.15, 0.2) is 24.3 Å². The smallest absolute Gasteiger partial charge is 0.309 e. The fraction of sp³-hybridized carbons (Fsp3) is 0.577. The zero-order chi connectivity index (χ0) is 28.2. The first-order chi connectivity index (χ1) is 16.9. The summed E-state index contributed by atoms with van der Waals surface area (Å²) in [6.45, 7) is 9.91. The monoisotopic (exact) mass is 519 g/mol. The van der Waals surface area contributed by atoms with Crippen LogP contribution in [0.25, 0.3) is 0 Å². The fourth-order valence-electron chi connectivity index (χ4n) is 5.67. The van der Waals surface area contributed by atoms with Crippen molar-refractivity contribution >= 4 is 29.7 Å². The van der Waals surface area contributed by atoms with E-state index in [1.807, 2.05) is 0 Å². The molecule has 1 fully saturated rings. The molecule has 0 spiro atoms. The van der Waals surface area contributed by atoms with E-state index >= 15 is 0 Å². The van der Waals surface area contributed by atoms with Gasteiger partial charge in [-0.15, -0.1) is 5.06 Å². The lowest BCUT2D eigenvalue weighted by Gasteiger charge is -2.57. The van der Waals surface area contributed by atoms with Gasteiger partial charge < -0.3 is 20.1 Å². The molecule has 37 heavy (non-hydrogen) atoms. The van der Waals surface area contributed by atoms with E-state index < -0.39 is 76.1 Å². The molecule has 2 aliphatic rings. The Labute approximate surface area is 214 Å². The summed E-state index contributed by atoms with van der Waals surface area (Å²) in [5, 5.41) is 30.9. The van der Waals surface area contributed by atoms with Crippen LogP contribution in [0.4, 0.5) is 0 Å². The van der Waals surface area contributed by atoms with Crippen molar-refractivity contribution in [2.45, 2.75) is 60.9 Å². The van der Waals surface area contributed by atoms with Crippen LogP contribution < -0.4 is 0 Å². The van der Waals surface area contributed by atoms with Crippen LogP contribution in [0, 0.1) is 34.0 Å². The first-order valence-corrected chi connectivity index (χ1v) is 11.9. The normalized spacial score (nSPS) is 26.7. The second kappa shape index (κ2) is 9.21. The number of aliphatic carboxylic acids is 3.